The summed E-state index contributed by atoms with van der Waals surface area (Å²) < 4.78 is 32.5. The SMILES string of the molecule is O=C(c1ccc(-c2ccc(F)cc2F)o1)N1CCSC1=S. The molecular weight excluding hydrogens is 316 g/mol. The molecule has 0 saturated carbocycles. The maximum Gasteiger partial charge on any atom is 0.295 e. The zero-order chi connectivity index (χ0) is 15.0. The molecule has 0 bridgehead atoms. The average Bonchev–Trinajstić information content (AvgIpc) is 3.07. The molecule has 2 aromatic rings. The Morgan fingerprint density at radius 2 is 2.10 bits per heavy atom. The van der Waals surface area contributed by atoms with Crippen molar-refractivity contribution in [2.24, 2.45) is 0 Å². The van der Waals surface area contributed by atoms with E-state index in [1.807, 2.05) is 0 Å². The van der Waals surface area contributed by atoms with Crippen molar-refractivity contribution in [3.05, 3.63) is 47.7 Å². The van der Waals surface area contributed by atoms with Gasteiger partial charge in [0.15, 0.2) is 5.76 Å². The Bertz CT molecular complexity index is 730. The minimum Gasteiger partial charge on any atom is -0.451 e. The second-order valence-electron chi connectivity index (χ2n) is 4.36. The maximum atomic E-state index is 13.7. The van der Waals surface area contributed by atoms with Crippen LogP contribution in [0.15, 0.2) is 34.7 Å². The minimum absolute atomic E-state index is 0.0820. The van der Waals surface area contributed by atoms with E-state index >= 15 is 0 Å². The number of furan rings is 1. The van der Waals surface area contributed by atoms with Crippen LogP contribution in [0.5, 0.6) is 0 Å². The van der Waals surface area contributed by atoms with Gasteiger partial charge in [0.05, 0.1) is 5.56 Å². The average molecular weight is 325 g/mol. The van der Waals surface area contributed by atoms with Gasteiger partial charge in [0, 0.05) is 18.4 Å². The zero-order valence-corrected chi connectivity index (χ0v) is 12.3. The minimum atomic E-state index is -0.740. The predicted molar refractivity (Wildman–Crippen MR) is 80.2 cm³/mol. The van der Waals surface area contributed by atoms with Crippen LogP contribution in [-0.2, 0) is 0 Å². The molecule has 1 saturated heterocycles. The van der Waals surface area contributed by atoms with Crippen molar-refractivity contribution in [1.29, 1.82) is 0 Å². The molecule has 0 spiro atoms. The largest absolute Gasteiger partial charge is 0.451 e. The number of benzene rings is 1. The van der Waals surface area contributed by atoms with Gasteiger partial charge in [-0.3, -0.25) is 9.69 Å². The number of thioether (sulfide) groups is 1. The fourth-order valence-corrected chi connectivity index (χ4v) is 3.20. The molecule has 108 valence electrons. The highest BCUT2D eigenvalue weighted by atomic mass is 32.2. The third-order valence-electron chi connectivity index (χ3n) is 3.02. The molecule has 2 heterocycles. The molecule has 0 radical (unpaired) electrons. The number of hydrogen-bond acceptors (Lipinski definition) is 4. The van der Waals surface area contributed by atoms with Crippen molar-refractivity contribution >= 4 is 34.2 Å². The summed E-state index contributed by atoms with van der Waals surface area (Å²) in [5.41, 5.74) is 0.105. The van der Waals surface area contributed by atoms with Gasteiger partial charge < -0.3 is 4.42 Å². The normalized spacial score (nSPS) is 14.8. The van der Waals surface area contributed by atoms with Crippen LogP contribution in [-0.4, -0.2) is 27.4 Å². The lowest BCUT2D eigenvalue weighted by Gasteiger charge is -2.12. The molecule has 0 atom stereocenters. The van der Waals surface area contributed by atoms with Crippen LogP contribution in [0, 0.1) is 11.6 Å². The molecular formula is C14H9F2NO2S2. The third-order valence-corrected chi connectivity index (χ3v) is 4.45. The molecule has 0 aliphatic carbocycles. The van der Waals surface area contributed by atoms with E-state index in [0.29, 0.717) is 10.9 Å². The Kier molecular flexibility index (Phi) is 3.77. The van der Waals surface area contributed by atoms with Crippen molar-refractivity contribution in [3.8, 4) is 11.3 Å². The topological polar surface area (TPSA) is 33.5 Å². The molecule has 1 fully saturated rings. The van der Waals surface area contributed by atoms with Crippen LogP contribution in [0.3, 0.4) is 0 Å². The van der Waals surface area contributed by atoms with Gasteiger partial charge in [-0.15, -0.1) is 0 Å². The van der Waals surface area contributed by atoms with Crippen LogP contribution in [0.2, 0.25) is 0 Å². The van der Waals surface area contributed by atoms with Gasteiger partial charge in [-0.1, -0.05) is 24.0 Å². The Labute approximate surface area is 128 Å². The highest BCUT2D eigenvalue weighted by Crippen LogP contribution is 2.27. The van der Waals surface area contributed by atoms with E-state index in [4.69, 9.17) is 16.6 Å². The highest BCUT2D eigenvalue weighted by molar-refractivity contribution is 8.23. The van der Waals surface area contributed by atoms with Crippen molar-refractivity contribution in [3.63, 3.8) is 0 Å². The Morgan fingerprint density at radius 1 is 1.29 bits per heavy atom. The van der Waals surface area contributed by atoms with E-state index < -0.39 is 11.6 Å². The van der Waals surface area contributed by atoms with Crippen molar-refractivity contribution in [2.45, 2.75) is 0 Å². The molecule has 1 aliphatic heterocycles. The fraction of sp³-hybridized carbons (Fsp3) is 0.143. The van der Waals surface area contributed by atoms with Crippen LogP contribution >= 0.6 is 24.0 Å². The summed E-state index contributed by atoms with van der Waals surface area (Å²) in [6, 6.07) is 6.12. The molecule has 1 amide bonds. The van der Waals surface area contributed by atoms with Crippen LogP contribution in [0.25, 0.3) is 11.3 Å². The number of carbonyl (C=O) groups excluding carboxylic acids is 1. The number of nitrogens with zero attached hydrogens (tertiary/aromatic N) is 1. The van der Waals surface area contributed by atoms with E-state index in [1.54, 1.807) is 0 Å². The smallest absolute Gasteiger partial charge is 0.295 e. The van der Waals surface area contributed by atoms with Crippen molar-refractivity contribution < 1.29 is 18.0 Å². The van der Waals surface area contributed by atoms with Gasteiger partial charge >= 0.3 is 0 Å². The first-order chi connectivity index (χ1) is 10.1. The van der Waals surface area contributed by atoms with E-state index in [1.165, 1.54) is 34.9 Å². The molecule has 7 heteroatoms. The van der Waals surface area contributed by atoms with Crippen molar-refractivity contribution in [2.75, 3.05) is 12.3 Å². The van der Waals surface area contributed by atoms with Crippen LogP contribution in [0.4, 0.5) is 8.78 Å². The van der Waals surface area contributed by atoms with E-state index in [2.05, 4.69) is 0 Å². The summed E-state index contributed by atoms with van der Waals surface area (Å²) in [6.45, 7) is 0.531. The zero-order valence-electron chi connectivity index (χ0n) is 10.6. The molecule has 0 N–H and O–H groups in total. The van der Waals surface area contributed by atoms with E-state index in [9.17, 15) is 13.6 Å². The second-order valence-corrected chi connectivity index (χ2v) is 6.09. The first-order valence-electron chi connectivity index (χ1n) is 6.10. The molecule has 21 heavy (non-hydrogen) atoms. The lowest BCUT2D eigenvalue weighted by molar-refractivity contribution is 0.0832. The van der Waals surface area contributed by atoms with Gasteiger partial charge in [0.25, 0.3) is 5.91 Å². The number of hydrogen-bond donors (Lipinski definition) is 0. The summed E-state index contributed by atoms with van der Waals surface area (Å²) in [7, 11) is 0. The van der Waals surface area contributed by atoms with Crippen LogP contribution < -0.4 is 0 Å². The summed E-state index contributed by atoms with van der Waals surface area (Å²) >= 11 is 6.51. The van der Waals surface area contributed by atoms with Gasteiger partial charge in [0.2, 0.25) is 0 Å². The molecule has 1 aromatic carbocycles. The highest BCUT2D eigenvalue weighted by Gasteiger charge is 2.27. The lowest BCUT2D eigenvalue weighted by atomic mass is 10.1. The maximum absolute atomic E-state index is 13.7. The van der Waals surface area contributed by atoms with Gasteiger partial charge in [0.1, 0.15) is 21.7 Å². The van der Waals surface area contributed by atoms with E-state index in [0.717, 1.165) is 17.9 Å². The number of amides is 1. The predicted octanol–water partition coefficient (Wildman–Crippen LogP) is 3.70. The summed E-state index contributed by atoms with van der Waals surface area (Å²) in [5, 5.41) is 0. The second kappa shape index (κ2) is 5.57. The van der Waals surface area contributed by atoms with Gasteiger partial charge in [-0.05, 0) is 24.3 Å². The Hall–Kier alpha value is -1.73. The standard InChI is InChI=1S/C14H9F2NO2S2/c15-8-1-2-9(10(16)7-8)11-3-4-12(19-11)13(18)17-5-6-21-14(17)20/h1-4,7H,5-6H2. The summed E-state index contributed by atoms with van der Waals surface area (Å²) in [6.07, 6.45) is 0. The number of thiocarbonyl (C=S) groups is 1. The lowest BCUT2D eigenvalue weighted by Crippen LogP contribution is -2.30. The quantitative estimate of drug-likeness (QED) is 0.789. The summed E-state index contributed by atoms with van der Waals surface area (Å²) in [4.78, 5) is 13.7. The first-order valence-corrected chi connectivity index (χ1v) is 7.49. The van der Waals surface area contributed by atoms with Gasteiger partial charge in [-0.2, -0.15) is 0 Å². The monoisotopic (exact) mass is 325 g/mol. The summed E-state index contributed by atoms with van der Waals surface area (Å²) in [5.74, 6) is -0.745. The Morgan fingerprint density at radius 3 is 2.76 bits per heavy atom. The van der Waals surface area contributed by atoms with Crippen molar-refractivity contribution in [1.82, 2.24) is 4.90 Å². The third kappa shape index (κ3) is 2.71. The molecule has 3 rings (SSSR count). The number of carbonyl (C=O) groups is 1. The molecule has 3 nitrogen and oxygen atoms in total. The van der Waals surface area contributed by atoms with Gasteiger partial charge in [-0.25, -0.2) is 8.78 Å². The molecule has 1 aliphatic rings. The first kappa shape index (κ1) is 14.2. The number of rotatable bonds is 2. The van der Waals surface area contributed by atoms with Crippen LogP contribution in [0.1, 0.15) is 10.6 Å². The molecule has 0 unspecified atom stereocenters. The molecule has 1 aromatic heterocycles. The Balaban J connectivity index is 1.89. The fourth-order valence-electron chi connectivity index (χ4n) is 2.00. The number of halogens is 2. The van der Waals surface area contributed by atoms with E-state index in [-0.39, 0.29) is 23.0 Å².